The summed E-state index contributed by atoms with van der Waals surface area (Å²) in [5.41, 5.74) is 2.30. The number of hydrogen-bond donors (Lipinski definition) is 1. The molecule has 0 aromatic heterocycles. The number of benzene rings is 2. The van der Waals surface area contributed by atoms with E-state index in [-0.39, 0.29) is 0 Å². The van der Waals surface area contributed by atoms with Gasteiger partial charge < -0.3 is 10.1 Å². The van der Waals surface area contributed by atoms with E-state index in [0.29, 0.717) is 22.4 Å². The van der Waals surface area contributed by atoms with E-state index >= 15 is 0 Å². The van der Waals surface area contributed by atoms with Gasteiger partial charge in [-0.3, -0.25) is 0 Å². The van der Waals surface area contributed by atoms with Crippen molar-refractivity contribution in [1.82, 2.24) is 5.32 Å². The van der Waals surface area contributed by atoms with E-state index in [9.17, 15) is 0 Å². The molecule has 0 fully saturated rings. The van der Waals surface area contributed by atoms with E-state index in [0.717, 1.165) is 23.1 Å². The molecule has 2 rings (SSSR count). The normalized spacial score (nSPS) is 10.7. The molecular formula is C16H16BrCl2NO. The van der Waals surface area contributed by atoms with Crippen molar-refractivity contribution in [2.24, 2.45) is 0 Å². The molecular weight excluding hydrogens is 373 g/mol. The highest BCUT2D eigenvalue weighted by molar-refractivity contribution is 9.10. The Balaban J connectivity index is 2.02. The summed E-state index contributed by atoms with van der Waals surface area (Å²) in [4.78, 5) is 0. The van der Waals surface area contributed by atoms with Crippen LogP contribution < -0.4 is 10.1 Å². The summed E-state index contributed by atoms with van der Waals surface area (Å²) in [6, 6.07) is 11.5. The van der Waals surface area contributed by atoms with Crippen LogP contribution in [-0.4, -0.2) is 6.54 Å². The molecule has 0 bridgehead atoms. The maximum atomic E-state index is 6.09. The van der Waals surface area contributed by atoms with Crippen LogP contribution in [0, 0.1) is 0 Å². The molecule has 0 radical (unpaired) electrons. The molecule has 0 atom stereocenters. The smallest absolute Gasteiger partial charge is 0.138 e. The van der Waals surface area contributed by atoms with Crippen LogP contribution in [0.4, 0.5) is 0 Å². The molecule has 112 valence electrons. The molecule has 0 amide bonds. The fourth-order valence-corrected chi connectivity index (χ4v) is 2.84. The Bertz CT molecular complexity index is 619. The zero-order valence-electron chi connectivity index (χ0n) is 11.6. The van der Waals surface area contributed by atoms with Crippen molar-refractivity contribution in [3.8, 4) is 5.75 Å². The number of hydrogen-bond acceptors (Lipinski definition) is 2. The molecule has 0 aliphatic carbocycles. The van der Waals surface area contributed by atoms with Crippen molar-refractivity contribution in [2.45, 2.75) is 20.1 Å². The van der Waals surface area contributed by atoms with Gasteiger partial charge in [0.2, 0.25) is 0 Å². The molecule has 2 aromatic rings. The van der Waals surface area contributed by atoms with Gasteiger partial charge in [-0.2, -0.15) is 0 Å². The Morgan fingerprint density at radius 2 is 1.95 bits per heavy atom. The van der Waals surface area contributed by atoms with Crippen molar-refractivity contribution in [3.63, 3.8) is 0 Å². The first-order valence-corrected chi connectivity index (χ1v) is 8.21. The van der Waals surface area contributed by atoms with Gasteiger partial charge in [0.25, 0.3) is 0 Å². The fourth-order valence-electron chi connectivity index (χ4n) is 1.83. The van der Waals surface area contributed by atoms with Crippen LogP contribution in [0.2, 0.25) is 10.0 Å². The first-order valence-electron chi connectivity index (χ1n) is 6.66. The summed E-state index contributed by atoms with van der Waals surface area (Å²) in [7, 11) is 0. The van der Waals surface area contributed by atoms with Gasteiger partial charge in [-0.25, -0.2) is 0 Å². The van der Waals surface area contributed by atoms with Crippen molar-refractivity contribution < 1.29 is 4.74 Å². The molecule has 5 heteroatoms. The molecule has 0 aliphatic heterocycles. The first-order chi connectivity index (χ1) is 10.1. The lowest BCUT2D eigenvalue weighted by atomic mass is 10.1. The van der Waals surface area contributed by atoms with Gasteiger partial charge in [-0.1, -0.05) is 58.2 Å². The third-order valence-corrected chi connectivity index (χ3v) is 4.24. The Morgan fingerprint density at radius 3 is 2.62 bits per heavy atom. The number of rotatable bonds is 6. The molecule has 0 saturated heterocycles. The summed E-state index contributed by atoms with van der Waals surface area (Å²) in [5, 5.41) is 4.41. The van der Waals surface area contributed by atoms with E-state index in [1.54, 1.807) is 18.2 Å². The van der Waals surface area contributed by atoms with Crippen LogP contribution >= 0.6 is 39.1 Å². The number of ether oxygens (including phenoxy) is 1. The maximum absolute atomic E-state index is 6.09. The Morgan fingerprint density at radius 1 is 1.14 bits per heavy atom. The zero-order valence-corrected chi connectivity index (χ0v) is 14.7. The van der Waals surface area contributed by atoms with Gasteiger partial charge in [-0.05, 0) is 36.4 Å². The second kappa shape index (κ2) is 8.04. The third kappa shape index (κ3) is 4.89. The SMILES string of the molecule is CCNCc1ccc(COc2ccc(Cl)cc2Cl)c(Br)c1. The molecule has 2 nitrogen and oxygen atoms in total. The average molecular weight is 389 g/mol. The Kier molecular flexibility index (Phi) is 6.37. The van der Waals surface area contributed by atoms with E-state index in [1.807, 2.05) is 0 Å². The van der Waals surface area contributed by atoms with E-state index in [4.69, 9.17) is 27.9 Å². The van der Waals surface area contributed by atoms with Crippen LogP contribution in [0.1, 0.15) is 18.1 Å². The van der Waals surface area contributed by atoms with Gasteiger partial charge in [0.05, 0.1) is 5.02 Å². The molecule has 0 saturated carbocycles. The van der Waals surface area contributed by atoms with Crippen molar-refractivity contribution in [2.75, 3.05) is 6.54 Å². The zero-order chi connectivity index (χ0) is 15.2. The Labute approximate surface area is 143 Å². The minimum atomic E-state index is 0.448. The summed E-state index contributed by atoms with van der Waals surface area (Å²) < 4.78 is 6.77. The minimum absolute atomic E-state index is 0.448. The van der Waals surface area contributed by atoms with Crippen LogP contribution in [-0.2, 0) is 13.2 Å². The first kappa shape index (κ1) is 16.6. The van der Waals surface area contributed by atoms with Gasteiger partial charge in [0.1, 0.15) is 12.4 Å². The number of nitrogens with one attached hydrogen (secondary N) is 1. The van der Waals surface area contributed by atoms with Crippen LogP contribution in [0.5, 0.6) is 5.75 Å². The molecule has 0 unspecified atom stereocenters. The lowest BCUT2D eigenvalue weighted by Gasteiger charge is -2.11. The highest BCUT2D eigenvalue weighted by Crippen LogP contribution is 2.29. The topological polar surface area (TPSA) is 21.3 Å². The standard InChI is InChI=1S/C16H16BrCl2NO/c1-2-20-9-11-3-4-12(14(17)7-11)10-21-16-6-5-13(18)8-15(16)19/h3-8,20H,2,9-10H2,1H3. The van der Waals surface area contributed by atoms with Crippen molar-refractivity contribution in [1.29, 1.82) is 0 Å². The molecule has 21 heavy (non-hydrogen) atoms. The second-order valence-electron chi connectivity index (χ2n) is 4.57. The summed E-state index contributed by atoms with van der Waals surface area (Å²) in [6.45, 7) is 4.35. The largest absolute Gasteiger partial charge is 0.487 e. The monoisotopic (exact) mass is 387 g/mol. The summed E-state index contributed by atoms with van der Waals surface area (Å²) in [5.74, 6) is 0.629. The quantitative estimate of drug-likeness (QED) is 0.710. The molecule has 0 aliphatic rings. The van der Waals surface area contributed by atoms with Crippen LogP contribution in [0.3, 0.4) is 0 Å². The number of halogens is 3. The lowest BCUT2D eigenvalue weighted by molar-refractivity contribution is 0.305. The Hall–Kier alpha value is -0.740. The van der Waals surface area contributed by atoms with Gasteiger partial charge in [0.15, 0.2) is 0 Å². The third-order valence-electron chi connectivity index (χ3n) is 2.97. The van der Waals surface area contributed by atoms with Gasteiger partial charge in [-0.15, -0.1) is 0 Å². The average Bonchev–Trinajstić information content (AvgIpc) is 2.45. The molecule has 1 N–H and O–H groups in total. The predicted octanol–water partition coefficient (Wildman–Crippen LogP) is 5.44. The highest BCUT2D eigenvalue weighted by atomic mass is 79.9. The van der Waals surface area contributed by atoms with Crippen molar-refractivity contribution in [3.05, 3.63) is 62.0 Å². The summed E-state index contributed by atoms with van der Waals surface area (Å²) in [6.07, 6.45) is 0. The minimum Gasteiger partial charge on any atom is -0.487 e. The van der Waals surface area contributed by atoms with Crippen LogP contribution in [0.25, 0.3) is 0 Å². The molecule has 0 spiro atoms. The molecule has 0 heterocycles. The predicted molar refractivity (Wildman–Crippen MR) is 92.3 cm³/mol. The van der Waals surface area contributed by atoms with E-state index in [2.05, 4.69) is 46.4 Å². The van der Waals surface area contributed by atoms with Gasteiger partial charge >= 0.3 is 0 Å². The second-order valence-corrected chi connectivity index (χ2v) is 6.27. The fraction of sp³-hybridized carbons (Fsp3) is 0.250. The maximum Gasteiger partial charge on any atom is 0.138 e. The van der Waals surface area contributed by atoms with E-state index in [1.165, 1.54) is 5.56 Å². The lowest BCUT2D eigenvalue weighted by Crippen LogP contribution is -2.11. The van der Waals surface area contributed by atoms with Gasteiger partial charge in [0, 0.05) is 21.6 Å². The van der Waals surface area contributed by atoms with Crippen molar-refractivity contribution >= 4 is 39.1 Å². The van der Waals surface area contributed by atoms with Crippen LogP contribution in [0.15, 0.2) is 40.9 Å². The summed E-state index contributed by atoms with van der Waals surface area (Å²) >= 11 is 15.5. The van der Waals surface area contributed by atoms with E-state index < -0.39 is 0 Å². The highest BCUT2D eigenvalue weighted by Gasteiger charge is 2.06. The molecule has 2 aromatic carbocycles.